The van der Waals surface area contributed by atoms with E-state index in [0.29, 0.717) is 0 Å². The molecule has 0 fully saturated rings. The van der Waals surface area contributed by atoms with Gasteiger partial charge in [-0.1, -0.05) is 48.2 Å². The van der Waals surface area contributed by atoms with Crippen LogP contribution in [0.15, 0.2) is 84.0 Å². The van der Waals surface area contributed by atoms with Gasteiger partial charge in [0, 0.05) is 12.1 Å². The van der Waals surface area contributed by atoms with Crippen molar-refractivity contribution in [1.82, 2.24) is 0 Å². The van der Waals surface area contributed by atoms with Crippen LogP contribution < -0.4 is 10.1 Å². The molecule has 6 heteroatoms. The Morgan fingerprint density at radius 2 is 1.44 bits per heavy atom. The maximum Gasteiger partial charge on any atom is 0.270 e. The van der Waals surface area contributed by atoms with Crippen molar-refractivity contribution in [2.24, 2.45) is 5.10 Å². The first-order valence-corrected chi connectivity index (χ1v) is 7.55. The predicted octanol–water partition coefficient (Wildman–Crippen LogP) is 3.84. The zero-order valence-corrected chi connectivity index (χ0v) is 13.1. The number of nitro groups is 1. The van der Waals surface area contributed by atoms with E-state index in [1.807, 2.05) is 60.7 Å². The highest BCUT2D eigenvalue weighted by Gasteiger charge is 2.08. The Hall–Kier alpha value is -3.67. The monoisotopic (exact) mass is 332 g/mol. The molecule has 0 aliphatic carbocycles. The standard InChI is InChI=1S/C19H15N3O3/c23-19-12-11-18(22(24)25)13-15(19)14-20-21(16-7-3-1-4-8-16)17-9-5-2-6-10-17/h1-14,23H/p-1/b20-14-. The molecular formula is C19H14N3O3-. The molecule has 6 nitrogen and oxygen atoms in total. The van der Waals surface area contributed by atoms with Crippen LogP contribution >= 0.6 is 0 Å². The van der Waals surface area contributed by atoms with Crippen LogP contribution in [0.2, 0.25) is 0 Å². The molecule has 0 amide bonds. The van der Waals surface area contributed by atoms with Crippen LogP contribution in [0.4, 0.5) is 17.1 Å². The second kappa shape index (κ2) is 7.27. The molecule has 25 heavy (non-hydrogen) atoms. The maximum atomic E-state index is 11.9. The number of benzene rings is 3. The molecule has 0 bridgehead atoms. The van der Waals surface area contributed by atoms with Crippen molar-refractivity contribution in [3.05, 3.63) is 94.5 Å². The summed E-state index contributed by atoms with van der Waals surface area (Å²) in [5.41, 5.74) is 1.63. The number of nitro benzene ring substituents is 1. The fourth-order valence-electron chi connectivity index (χ4n) is 2.29. The topological polar surface area (TPSA) is 81.8 Å². The van der Waals surface area contributed by atoms with Gasteiger partial charge in [-0.05, 0) is 29.8 Å². The SMILES string of the molecule is O=[N+]([O-])c1ccc([O-])c(/C=N\N(c2ccccc2)c2ccccc2)c1. The van der Waals surface area contributed by atoms with Crippen molar-refractivity contribution < 1.29 is 10.0 Å². The van der Waals surface area contributed by atoms with Crippen molar-refractivity contribution in [3.8, 4) is 5.75 Å². The molecule has 0 spiro atoms. The summed E-state index contributed by atoms with van der Waals surface area (Å²) >= 11 is 0. The quantitative estimate of drug-likeness (QED) is 0.404. The van der Waals surface area contributed by atoms with E-state index in [1.54, 1.807) is 5.01 Å². The van der Waals surface area contributed by atoms with Crippen LogP contribution in [0, 0.1) is 10.1 Å². The van der Waals surface area contributed by atoms with Crippen LogP contribution in [-0.2, 0) is 0 Å². The van der Waals surface area contributed by atoms with Gasteiger partial charge < -0.3 is 5.11 Å². The molecule has 0 N–H and O–H groups in total. The van der Waals surface area contributed by atoms with Gasteiger partial charge in [-0.25, -0.2) is 5.01 Å². The molecule has 0 aromatic heterocycles. The third-order valence-electron chi connectivity index (χ3n) is 3.52. The van der Waals surface area contributed by atoms with Crippen molar-refractivity contribution in [1.29, 1.82) is 0 Å². The van der Waals surface area contributed by atoms with Crippen molar-refractivity contribution in [2.75, 3.05) is 5.01 Å². The maximum absolute atomic E-state index is 11.9. The lowest BCUT2D eigenvalue weighted by Crippen LogP contribution is -2.09. The van der Waals surface area contributed by atoms with E-state index in [9.17, 15) is 15.2 Å². The summed E-state index contributed by atoms with van der Waals surface area (Å²) in [6.07, 6.45) is 1.34. The molecule has 0 saturated carbocycles. The summed E-state index contributed by atoms with van der Waals surface area (Å²) in [6, 6.07) is 22.4. The lowest BCUT2D eigenvalue weighted by Gasteiger charge is -2.19. The molecule has 0 saturated heterocycles. The molecular weight excluding hydrogens is 318 g/mol. The second-order valence-electron chi connectivity index (χ2n) is 5.21. The molecule has 0 heterocycles. The average molecular weight is 332 g/mol. The predicted molar refractivity (Wildman–Crippen MR) is 95.2 cm³/mol. The molecule has 0 atom stereocenters. The number of para-hydroxylation sites is 2. The second-order valence-corrected chi connectivity index (χ2v) is 5.21. The number of hydrazone groups is 1. The van der Waals surface area contributed by atoms with Gasteiger partial charge in [0.1, 0.15) is 0 Å². The van der Waals surface area contributed by atoms with E-state index < -0.39 is 4.92 Å². The Balaban J connectivity index is 2.00. The summed E-state index contributed by atoms with van der Waals surface area (Å²) in [7, 11) is 0. The van der Waals surface area contributed by atoms with Gasteiger partial charge in [0.15, 0.2) is 0 Å². The first-order chi connectivity index (χ1) is 12.1. The van der Waals surface area contributed by atoms with Gasteiger partial charge in [0.05, 0.1) is 22.5 Å². The van der Waals surface area contributed by atoms with Crippen LogP contribution in [-0.4, -0.2) is 11.1 Å². The molecule has 0 aliphatic rings. The lowest BCUT2D eigenvalue weighted by atomic mass is 10.2. The van der Waals surface area contributed by atoms with Crippen molar-refractivity contribution in [3.63, 3.8) is 0 Å². The van der Waals surface area contributed by atoms with E-state index in [0.717, 1.165) is 11.4 Å². The fraction of sp³-hybridized carbons (Fsp3) is 0. The smallest absolute Gasteiger partial charge is 0.270 e. The number of hydrogen-bond acceptors (Lipinski definition) is 5. The normalized spacial score (nSPS) is 10.7. The lowest BCUT2D eigenvalue weighted by molar-refractivity contribution is -0.385. The van der Waals surface area contributed by atoms with E-state index in [1.165, 1.54) is 24.4 Å². The number of non-ortho nitro benzene ring substituents is 1. The largest absolute Gasteiger partial charge is 0.872 e. The first-order valence-electron chi connectivity index (χ1n) is 7.55. The summed E-state index contributed by atoms with van der Waals surface area (Å²) in [5.74, 6) is -0.324. The van der Waals surface area contributed by atoms with Gasteiger partial charge in [-0.2, -0.15) is 5.10 Å². The molecule has 3 rings (SSSR count). The Morgan fingerprint density at radius 3 is 1.96 bits per heavy atom. The number of nitrogens with zero attached hydrogens (tertiary/aromatic N) is 3. The van der Waals surface area contributed by atoms with Crippen LogP contribution in [0.1, 0.15) is 5.56 Å². The zero-order chi connectivity index (χ0) is 17.6. The average Bonchev–Trinajstić information content (AvgIpc) is 2.65. The highest BCUT2D eigenvalue weighted by Crippen LogP contribution is 2.26. The molecule has 124 valence electrons. The molecule has 0 radical (unpaired) electrons. The molecule has 3 aromatic carbocycles. The minimum atomic E-state index is -0.539. The molecule has 3 aromatic rings. The molecule has 0 unspecified atom stereocenters. The van der Waals surface area contributed by atoms with Gasteiger partial charge in [-0.15, -0.1) is 0 Å². The fourth-order valence-corrected chi connectivity index (χ4v) is 2.29. The third kappa shape index (κ3) is 3.81. The van der Waals surface area contributed by atoms with E-state index in [2.05, 4.69) is 5.10 Å². The highest BCUT2D eigenvalue weighted by atomic mass is 16.6. The summed E-state index contributed by atoms with van der Waals surface area (Å²) < 4.78 is 0. The highest BCUT2D eigenvalue weighted by molar-refractivity contribution is 5.85. The molecule has 0 aliphatic heterocycles. The van der Waals surface area contributed by atoms with Crippen molar-refractivity contribution >= 4 is 23.3 Å². The third-order valence-corrected chi connectivity index (χ3v) is 3.52. The van der Waals surface area contributed by atoms with Gasteiger partial charge in [0.2, 0.25) is 0 Å². The Labute approximate surface area is 144 Å². The number of anilines is 2. The summed E-state index contributed by atoms with van der Waals surface area (Å²) in [4.78, 5) is 10.4. The van der Waals surface area contributed by atoms with Crippen molar-refractivity contribution in [2.45, 2.75) is 0 Å². The number of rotatable bonds is 5. The zero-order valence-electron chi connectivity index (χ0n) is 13.1. The first kappa shape index (κ1) is 16.2. The minimum Gasteiger partial charge on any atom is -0.872 e. The Kier molecular flexibility index (Phi) is 4.71. The Morgan fingerprint density at radius 1 is 0.880 bits per heavy atom. The minimum absolute atomic E-state index is 0.146. The van der Waals surface area contributed by atoms with Crippen LogP contribution in [0.3, 0.4) is 0 Å². The number of hydrogen-bond donors (Lipinski definition) is 0. The van der Waals surface area contributed by atoms with E-state index in [-0.39, 0.29) is 17.0 Å². The van der Waals surface area contributed by atoms with Gasteiger partial charge >= 0.3 is 0 Å². The van der Waals surface area contributed by atoms with Gasteiger partial charge in [-0.3, -0.25) is 10.1 Å². The summed E-state index contributed by atoms with van der Waals surface area (Å²) in [6.45, 7) is 0. The summed E-state index contributed by atoms with van der Waals surface area (Å²) in [5, 5.41) is 28.9. The van der Waals surface area contributed by atoms with Gasteiger partial charge in [0.25, 0.3) is 5.69 Å². The van der Waals surface area contributed by atoms with Crippen LogP contribution in [0.5, 0.6) is 5.75 Å². The van der Waals surface area contributed by atoms with E-state index >= 15 is 0 Å². The van der Waals surface area contributed by atoms with Crippen LogP contribution in [0.25, 0.3) is 0 Å². The Bertz CT molecular complexity index is 857. The van der Waals surface area contributed by atoms with E-state index in [4.69, 9.17) is 0 Å².